The molecule has 3 rings (SSSR count). The number of rotatable bonds is 8. The Hall–Kier alpha value is -2.92. The topological polar surface area (TPSA) is 93.1 Å². The number of nitrogens with zero attached hydrogens (tertiary/aromatic N) is 2. The summed E-state index contributed by atoms with van der Waals surface area (Å²) >= 11 is 0. The van der Waals surface area contributed by atoms with Gasteiger partial charge in [0.25, 0.3) is 0 Å². The molecule has 0 atom stereocenters. The van der Waals surface area contributed by atoms with Gasteiger partial charge in [0, 0.05) is 19.5 Å². The second-order valence-corrected chi connectivity index (χ2v) is 8.48. The van der Waals surface area contributed by atoms with Crippen molar-refractivity contribution in [3.63, 3.8) is 0 Å². The number of sulfonamides is 1. The highest BCUT2D eigenvalue weighted by atomic mass is 32.2. The molecule has 3 aromatic rings. The van der Waals surface area contributed by atoms with Crippen molar-refractivity contribution in [3.05, 3.63) is 59.9 Å². The molecule has 7 nitrogen and oxygen atoms in total. The number of amides is 1. The lowest BCUT2D eigenvalue weighted by atomic mass is 10.2. The number of benzene rings is 2. The van der Waals surface area contributed by atoms with Crippen LogP contribution in [-0.2, 0) is 34.0 Å². The Balaban J connectivity index is 1.56. The summed E-state index contributed by atoms with van der Waals surface area (Å²) in [6.07, 6.45) is -4.23. The standard InChI is InChI=1S/C20H21F3N4O3S/c1-2-27-17-9-4-3-8-16(17)26-18(27)10-11-24-19(28)13-25-31(29,30)15-7-5-6-14(12-15)20(21,22)23/h3-9,12,25H,2,10-11,13H2,1H3,(H,24,28). The Kier molecular flexibility index (Phi) is 6.65. The van der Waals surface area contributed by atoms with Crippen LogP contribution in [0.3, 0.4) is 0 Å². The molecule has 0 aliphatic rings. The third-order valence-corrected chi connectivity index (χ3v) is 6.01. The molecule has 1 aromatic heterocycles. The van der Waals surface area contributed by atoms with Crippen LogP contribution in [0.1, 0.15) is 18.3 Å². The van der Waals surface area contributed by atoms with Crippen LogP contribution in [0, 0.1) is 0 Å². The lowest BCUT2D eigenvalue weighted by Crippen LogP contribution is -2.37. The normalized spacial score (nSPS) is 12.3. The minimum absolute atomic E-state index is 0.230. The van der Waals surface area contributed by atoms with Gasteiger partial charge in [-0.05, 0) is 37.3 Å². The predicted octanol–water partition coefficient (Wildman–Crippen LogP) is 2.71. The van der Waals surface area contributed by atoms with E-state index < -0.39 is 39.1 Å². The number of carbonyl (C=O) groups excluding carboxylic acids is 1. The van der Waals surface area contributed by atoms with Gasteiger partial charge in [0.15, 0.2) is 0 Å². The van der Waals surface area contributed by atoms with Crippen LogP contribution in [0.15, 0.2) is 53.4 Å². The highest BCUT2D eigenvalue weighted by Crippen LogP contribution is 2.30. The maximum atomic E-state index is 12.8. The minimum atomic E-state index is -4.67. The Morgan fingerprint density at radius 1 is 1.13 bits per heavy atom. The van der Waals surface area contributed by atoms with Crippen molar-refractivity contribution in [2.24, 2.45) is 0 Å². The molecule has 0 bridgehead atoms. The van der Waals surface area contributed by atoms with Gasteiger partial charge in [-0.2, -0.15) is 13.2 Å². The van der Waals surface area contributed by atoms with Crippen LogP contribution in [0.5, 0.6) is 0 Å². The smallest absolute Gasteiger partial charge is 0.355 e. The van der Waals surface area contributed by atoms with E-state index >= 15 is 0 Å². The van der Waals surface area contributed by atoms with Crippen LogP contribution >= 0.6 is 0 Å². The molecule has 31 heavy (non-hydrogen) atoms. The number of fused-ring (bicyclic) bond motifs is 1. The monoisotopic (exact) mass is 454 g/mol. The van der Waals surface area contributed by atoms with Crippen molar-refractivity contribution in [3.8, 4) is 0 Å². The maximum absolute atomic E-state index is 12.8. The van der Waals surface area contributed by atoms with Crippen molar-refractivity contribution in [2.75, 3.05) is 13.1 Å². The Morgan fingerprint density at radius 3 is 2.58 bits per heavy atom. The molecule has 2 N–H and O–H groups in total. The summed E-state index contributed by atoms with van der Waals surface area (Å²) in [5, 5.41) is 2.59. The molecule has 0 saturated heterocycles. The summed E-state index contributed by atoms with van der Waals surface area (Å²) in [6.45, 7) is 2.33. The molecule has 1 amide bonds. The van der Waals surface area contributed by atoms with Crippen LogP contribution in [-0.4, -0.2) is 37.0 Å². The summed E-state index contributed by atoms with van der Waals surface area (Å²) in [6, 6.07) is 11.0. The van der Waals surface area contributed by atoms with Gasteiger partial charge in [-0.25, -0.2) is 18.1 Å². The molecule has 2 aromatic carbocycles. The molecule has 0 radical (unpaired) electrons. The van der Waals surface area contributed by atoms with E-state index in [-0.39, 0.29) is 6.54 Å². The highest BCUT2D eigenvalue weighted by Gasteiger charge is 2.31. The van der Waals surface area contributed by atoms with Gasteiger partial charge in [0.05, 0.1) is 28.0 Å². The molecule has 11 heteroatoms. The van der Waals surface area contributed by atoms with Crippen molar-refractivity contribution in [1.29, 1.82) is 0 Å². The second kappa shape index (κ2) is 9.06. The number of imidazole rings is 1. The lowest BCUT2D eigenvalue weighted by molar-refractivity contribution is -0.137. The number of nitrogens with one attached hydrogen (secondary N) is 2. The number of aryl methyl sites for hydroxylation is 1. The first-order chi connectivity index (χ1) is 14.6. The molecular formula is C20H21F3N4O3S. The number of hydrogen-bond acceptors (Lipinski definition) is 4. The molecule has 0 fully saturated rings. The predicted molar refractivity (Wildman–Crippen MR) is 109 cm³/mol. The average molecular weight is 454 g/mol. The average Bonchev–Trinajstić information content (AvgIpc) is 3.09. The minimum Gasteiger partial charge on any atom is -0.355 e. The van der Waals surface area contributed by atoms with E-state index in [0.717, 1.165) is 35.1 Å². The molecule has 0 aliphatic heterocycles. The fraction of sp³-hybridized carbons (Fsp3) is 0.300. The number of aromatic nitrogens is 2. The zero-order chi connectivity index (χ0) is 22.6. The number of halogens is 3. The Morgan fingerprint density at radius 2 is 1.87 bits per heavy atom. The van der Waals surface area contributed by atoms with Crippen molar-refractivity contribution in [2.45, 2.75) is 31.0 Å². The van der Waals surface area contributed by atoms with Gasteiger partial charge in [-0.1, -0.05) is 18.2 Å². The van der Waals surface area contributed by atoms with Gasteiger partial charge in [-0.3, -0.25) is 4.79 Å². The first-order valence-corrected chi connectivity index (χ1v) is 11.0. The SMILES string of the molecule is CCn1c(CCNC(=O)CNS(=O)(=O)c2cccc(C(F)(F)F)c2)nc2ccccc21. The van der Waals surface area contributed by atoms with Crippen molar-refractivity contribution in [1.82, 2.24) is 19.6 Å². The first kappa shape index (κ1) is 22.8. The second-order valence-electron chi connectivity index (χ2n) is 6.71. The third kappa shape index (κ3) is 5.42. The summed E-state index contributed by atoms with van der Waals surface area (Å²) in [4.78, 5) is 16.0. The number of hydrogen-bond donors (Lipinski definition) is 2. The molecule has 0 spiro atoms. The zero-order valence-electron chi connectivity index (χ0n) is 16.6. The van der Waals surface area contributed by atoms with E-state index in [2.05, 4.69) is 10.3 Å². The number of para-hydroxylation sites is 2. The van der Waals surface area contributed by atoms with Crippen LogP contribution < -0.4 is 10.0 Å². The zero-order valence-corrected chi connectivity index (χ0v) is 17.4. The Bertz CT molecular complexity index is 1190. The largest absolute Gasteiger partial charge is 0.416 e. The molecule has 0 aliphatic carbocycles. The van der Waals surface area contributed by atoms with E-state index in [1.165, 1.54) is 0 Å². The summed E-state index contributed by atoms with van der Waals surface area (Å²) in [7, 11) is -4.27. The number of alkyl halides is 3. The van der Waals surface area contributed by atoms with Gasteiger partial charge < -0.3 is 9.88 Å². The molecule has 1 heterocycles. The maximum Gasteiger partial charge on any atom is 0.416 e. The highest BCUT2D eigenvalue weighted by molar-refractivity contribution is 7.89. The fourth-order valence-electron chi connectivity index (χ4n) is 3.13. The van der Waals surface area contributed by atoms with Crippen LogP contribution in [0.4, 0.5) is 13.2 Å². The molecule has 0 unspecified atom stereocenters. The number of carbonyl (C=O) groups is 1. The van der Waals surface area contributed by atoms with Gasteiger partial charge in [-0.15, -0.1) is 0 Å². The Labute approximate surface area is 177 Å². The van der Waals surface area contributed by atoms with Gasteiger partial charge in [0.1, 0.15) is 5.82 Å². The lowest BCUT2D eigenvalue weighted by Gasteiger charge is -2.11. The first-order valence-electron chi connectivity index (χ1n) is 9.49. The van der Waals surface area contributed by atoms with Crippen molar-refractivity contribution >= 4 is 27.0 Å². The molecule has 166 valence electrons. The van der Waals surface area contributed by atoms with Gasteiger partial charge >= 0.3 is 6.18 Å². The van der Waals surface area contributed by atoms with E-state index in [0.29, 0.717) is 19.0 Å². The van der Waals surface area contributed by atoms with E-state index in [9.17, 15) is 26.4 Å². The van der Waals surface area contributed by atoms with E-state index in [1.54, 1.807) is 0 Å². The van der Waals surface area contributed by atoms with Crippen molar-refractivity contribution < 1.29 is 26.4 Å². The van der Waals surface area contributed by atoms with Crippen LogP contribution in [0.25, 0.3) is 11.0 Å². The molecule has 0 saturated carbocycles. The van der Waals surface area contributed by atoms with E-state index in [1.807, 2.05) is 40.5 Å². The van der Waals surface area contributed by atoms with Gasteiger partial charge in [0.2, 0.25) is 15.9 Å². The van der Waals surface area contributed by atoms with E-state index in [4.69, 9.17) is 0 Å². The summed E-state index contributed by atoms with van der Waals surface area (Å²) in [5.74, 6) is 0.184. The summed E-state index contributed by atoms with van der Waals surface area (Å²) < 4.78 is 66.8. The quantitative estimate of drug-likeness (QED) is 0.547. The van der Waals surface area contributed by atoms with Crippen LogP contribution in [0.2, 0.25) is 0 Å². The fourth-order valence-corrected chi connectivity index (χ4v) is 4.16. The summed E-state index contributed by atoms with van der Waals surface area (Å²) in [5.41, 5.74) is 0.748. The third-order valence-electron chi connectivity index (χ3n) is 4.62. The molecular weight excluding hydrogens is 433 g/mol.